The van der Waals surface area contributed by atoms with Crippen LogP contribution >= 0.6 is 11.3 Å². The Morgan fingerprint density at radius 3 is 2.80 bits per heavy atom. The Hall–Kier alpha value is -1.26. The first kappa shape index (κ1) is 10.3. The van der Waals surface area contributed by atoms with E-state index in [-0.39, 0.29) is 0 Å². The van der Waals surface area contributed by atoms with E-state index in [4.69, 9.17) is 0 Å². The van der Waals surface area contributed by atoms with Crippen LogP contribution in [0.25, 0.3) is 0 Å². The van der Waals surface area contributed by atoms with Gasteiger partial charge in [0.15, 0.2) is 0 Å². The maximum absolute atomic E-state index is 4.04. The SMILES string of the molecule is CC(NCc1cncs1)c1ccncc1. The molecule has 3 nitrogen and oxygen atoms in total. The van der Waals surface area contributed by atoms with Crippen LogP contribution in [0.15, 0.2) is 36.2 Å². The molecule has 0 radical (unpaired) electrons. The van der Waals surface area contributed by atoms with E-state index in [1.54, 1.807) is 11.3 Å². The van der Waals surface area contributed by atoms with Crippen molar-refractivity contribution in [2.45, 2.75) is 19.5 Å². The Balaban J connectivity index is 1.90. The molecule has 0 aliphatic carbocycles. The third-order valence-corrected chi connectivity index (χ3v) is 3.05. The molecule has 2 heterocycles. The number of pyridine rings is 1. The number of nitrogens with zero attached hydrogens (tertiary/aromatic N) is 2. The lowest BCUT2D eigenvalue weighted by atomic mass is 10.1. The second-order valence-corrected chi connectivity index (χ2v) is 4.32. The monoisotopic (exact) mass is 219 g/mol. The molecular weight excluding hydrogens is 206 g/mol. The fourth-order valence-corrected chi connectivity index (χ4v) is 1.90. The fourth-order valence-electron chi connectivity index (χ4n) is 1.35. The van der Waals surface area contributed by atoms with Crippen molar-refractivity contribution >= 4 is 11.3 Å². The van der Waals surface area contributed by atoms with Crippen LogP contribution in [0.5, 0.6) is 0 Å². The average molecular weight is 219 g/mol. The van der Waals surface area contributed by atoms with Crippen LogP contribution in [0, 0.1) is 0 Å². The largest absolute Gasteiger partial charge is 0.305 e. The normalized spacial score (nSPS) is 12.6. The molecule has 2 aromatic rings. The molecule has 0 aliphatic rings. The third-order valence-electron chi connectivity index (χ3n) is 2.27. The summed E-state index contributed by atoms with van der Waals surface area (Å²) in [6.45, 7) is 3.02. The van der Waals surface area contributed by atoms with E-state index in [0.29, 0.717) is 6.04 Å². The molecule has 15 heavy (non-hydrogen) atoms. The maximum Gasteiger partial charge on any atom is 0.0794 e. The summed E-state index contributed by atoms with van der Waals surface area (Å²) < 4.78 is 0. The summed E-state index contributed by atoms with van der Waals surface area (Å²) in [5, 5.41) is 3.44. The summed E-state index contributed by atoms with van der Waals surface area (Å²) in [4.78, 5) is 9.30. The van der Waals surface area contributed by atoms with Crippen molar-refractivity contribution in [3.63, 3.8) is 0 Å². The van der Waals surface area contributed by atoms with Gasteiger partial charge in [-0.25, -0.2) is 0 Å². The molecule has 1 N–H and O–H groups in total. The van der Waals surface area contributed by atoms with Gasteiger partial charge in [0.2, 0.25) is 0 Å². The summed E-state index contributed by atoms with van der Waals surface area (Å²) in [6.07, 6.45) is 5.54. The molecule has 2 aromatic heterocycles. The van der Waals surface area contributed by atoms with Gasteiger partial charge in [0.25, 0.3) is 0 Å². The van der Waals surface area contributed by atoms with Gasteiger partial charge in [0.05, 0.1) is 5.51 Å². The Bertz CT molecular complexity index is 385. The molecule has 0 bridgehead atoms. The van der Waals surface area contributed by atoms with Crippen LogP contribution in [0.1, 0.15) is 23.4 Å². The average Bonchev–Trinajstić information content (AvgIpc) is 2.80. The molecule has 0 amide bonds. The van der Waals surface area contributed by atoms with E-state index in [1.165, 1.54) is 10.4 Å². The van der Waals surface area contributed by atoms with Gasteiger partial charge >= 0.3 is 0 Å². The van der Waals surface area contributed by atoms with Gasteiger partial charge in [0.1, 0.15) is 0 Å². The van der Waals surface area contributed by atoms with Gasteiger partial charge in [-0.3, -0.25) is 9.97 Å². The topological polar surface area (TPSA) is 37.8 Å². The zero-order valence-electron chi connectivity index (χ0n) is 8.55. The number of thiazole rings is 1. The van der Waals surface area contributed by atoms with Crippen molar-refractivity contribution in [3.05, 3.63) is 46.7 Å². The minimum Gasteiger partial charge on any atom is -0.305 e. The minimum absolute atomic E-state index is 0.343. The highest BCUT2D eigenvalue weighted by Gasteiger charge is 2.04. The standard InChI is InChI=1S/C11H13N3S/c1-9(10-2-4-12-5-3-10)14-7-11-6-13-8-15-11/h2-6,8-9,14H,7H2,1H3. The van der Waals surface area contributed by atoms with Crippen LogP contribution in [0.2, 0.25) is 0 Å². The molecule has 1 unspecified atom stereocenters. The molecule has 4 heteroatoms. The first-order chi connectivity index (χ1) is 7.36. The van der Waals surface area contributed by atoms with Gasteiger partial charge in [-0.05, 0) is 24.6 Å². The molecule has 2 rings (SSSR count). The summed E-state index contributed by atoms with van der Waals surface area (Å²) in [5.74, 6) is 0. The highest BCUT2D eigenvalue weighted by atomic mass is 32.1. The van der Waals surface area contributed by atoms with Crippen LogP contribution < -0.4 is 5.32 Å². The number of hydrogen-bond donors (Lipinski definition) is 1. The highest BCUT2D eigenvalue weighted by molar-refractivity contribution is 7.09. The van der Waals surface area contributed by atoms with Gasteiger partial charge in [-0.15, -0.1) is 11.3 Å². The van der Waals surface area contributed by atoms with Gasteiger partial charge < -0.3 is 5.32 Å². The van der Waals surface area contributed by atoms with Crippen molar-refractivity contribution in [3.8, 4) is 0 Å². The molecule has 0 saturated carbocycles. The first-order valence-electron chi connectivity index (χ1n) is 4.87. The van der Waals surface area contributed by atoms with E-state index < -0.39 is 0 Å². The molecule has 1 atom stereocenters. The summed E-state index contributed by atoms with van der Waals surface area (Å²) in [7, 11) is 0. The Labute approximate surface area is 93.2 Å². The van der Waals surface area contributed by atoms with Crippen LogP contribution in [0.4, 0.5) is 0 Å². The number of aromatic nitrogens is 2. The zero-order valence-corrected chi connectivity index (χ0v) is 9.37. The predicted octanol–water partition coefficient (Wildman–Crippen LogP) is 2.39. The van der Waals surface area contributed by atoms with Crippen LogP contribution in [-0.4, -0.2) is 9.97 Å². The zero-order chi connectivity index (χ0) is 10.5. The number of hydrogen-bond acceptors (Lipinski definition) is 4. The second kappa shape index (κ2) is 5.00. The van der Waals surface area contributed by atoms with E-state index in [1.807, 2.05) is 36.2 Å². The van der Waals surface area contributed by atoms with Crippen molar-refractivity contribution in [2.24, 2.45) is 0 Å². The van der Waals surface area contributed by atoms with Gasteiger partial charge in [-0.2, -0.15) is 0 Å². The van der Waals surface area contributed by atoms with Crippen LogP contribution in [-0.2, 0) is 6.54 Å². The molecule has 78 valence electrons. The smallest absolute Gasteiger partial charge is 0.0794 e. The van der Waals surface area contributed by atoms with E-state index in [2.05, 4.69) is 22.2 Å². The molecule has 0 fully saturated rings. The fraction of sp³-hybridized carbons (Fsp3) is 0.273. The predicted molar refractivity (Wildman–Crippen MR) is 61.6 cm³/mol. The van der Waals surface area contributed by atoms with E-state index >= 15 is 0 Å². The summed E-state index contributed by atoms with van der Waals surface area (Å²) in [6, 6.07) is 4.41. The number of nitrogens with one attached hydrogen (secondary N) is 1. The molecule has 0 aliphatic heterocycles. The van der Waals surface area contributed by atoms with E-state index in [0.717, 1.165) is 6.54 Å². The quantitative estimate of drug-likeness (QED) is 0.858. The van der Waals surface area contributed by atoms with Crippen LogP contribution in [0.3, 0.4) is 0 Å². The Morgan fingerprint density at radius 1 is 1.33 bits per heavy atom. The lowest BCUT2D eigenvalue weighted by Gasteiger charge is -2.12. The van der Waals surface area contributed by atoms with Gasteiger partial charge in [0, 0.05) is 36.1 Å². The highest BCUT2D eigenvalue weighted by Crippen LogP contribution is 2.12. The maximum atomic E-state index is 4.04. The van der Waals surface area contributed by atoms with Crippen molar-refractivity contribution < 1.29 is 0 Å². The molecule has 0 saturated heterocycles. The molecule has 0 spiro atoms. The van der Waals surface area contributed by atoms with Gasteiger partial charge in [-0.1, -0.05) is 0 Å². The lowest BCUT2D eigenvalue weighted by molar-refractivity contribution is 0.578. The molecule has 0 aromatic carbocycles. The van der Waals surface area contributed by atoms with Crippen molar-refractivity contribution in [1.29, 1.82) is 0 Å². The van der Waals surface area contributed by atoms with Crippen molar-refractivity contribution in [2.75, 3.05) is 0 Å². The summed E-state index contributed by atoms with van der Waals surface area (Å²) >= 11 is 1.67. The third kappa shape index (κ3) is 2.84. The molecular formula is C11H13N3S. The van der Waals surface area contributed by atoms with E-state index in [9.17, 15) is 0 Å². The Kier molecular flexibility index (Phi) is 3.42. The lowest BCUT2D eigenvalue weighted by Crippen LogP contribution is -2.17. The Morgan fingerprint density at radius 2 is 2.13 bits per heavy atom. The summed E-state index contributed by atoms with van der Waals surface area (Å²) in [5.41, 5.74) is 3.11. The minimum atomic E-state index is 0.343. The second-order valence-electron chi connectivity index (χ2n) is 3.35. The van der Waals surface area contributed by atoms with Crippen molar-refractivity contribution in [1.82, 2.24) is 15.3 Å². The number of rotatable bonds is 4. The first-order valence-corrected chi connectivity index (χ1v) is 5.75.